The minimum absolute atomic E-state index is 0.00830. The molecule has 6 nitrogen and oxygen atoms in total. The molecular formula is C24H22N2O4. The number of hydrogen-bond acceptors (Lipinski definition) is 5. The summed E-state index contributed by atoms with van der Waals surface area (Å²) in [5, 5.41) is 2.78. The van der Waals surface area contributed by atoms with Gasteiger partial charge < -0.3 is 10.1 Å². The molecule has 1 N–H and O–H groups in total. The third kappa shape index (κ3) is 5.17. The Kier molecular flexibility index (Phi) is 6.37. The van der Waals surface area contributed by atoms with E-state index in [9.17, 15) is 14.4 Å². The van der Waals surface area contributed by atoms with Gasteiger partial charge in [0.05, 0.1) is 11.8 Å². The number of nitrogens with one attached hydrogen (secondary N) is 1. The van der Waals surface area contributed by atoms with E-state index >= 15 is 0 Å². The molecule has 6 heteroatoms. The minimum atomic E-state index is -0.331. The fourth-order valence-electron chi connectivity index (χ4n) is 2.86. The van der Waals surface area contributed by atoms with E-state index in [4.69, 9.17) is 4.74 Å². The summed E-state index contributed by atoms with van der Waals surface area (Å²) in [5.41, 5.74) is 3.05. The number of carbonyl (C=O) groups is 3. The van der Waals surface area contributed by atoms with Gasteiger partial charge in [-0.15, -0.1) is 0 Å². The number of aromatic nitrogens is 1. The Labute approximate surface area is 174 Å². The molecule has 0 unspecified atom stereocenters. The first-order valence-corrected chi connectivity index (χ1v) is 9.48. The van der Waals surface area contributed by atoms with Crippen LogP contribution in [0.5, 0.6) is 5.75 Å². The van der Waals surface area contributed by atoms with Crippen molar-refractivity contribution in [2.45, 2.75) is 26.9 Å². The molecule has 1 amide bonds. The van der Waals surface area contributed by atoms with Crippen molar-refractivity contribution in [2.24, 2.45) is 0 Å². The number of benzene rings is 2. The second kappa shape index (κ2) is 9.13. The van der Waals surface area contributed by atoms with Crippen LogP contribution >= 0.6 is 0 Å². The van der Waals surface area contributed by atoms with Gasteiger partial charge in [-0.25, -0.2) is 0 Å². The number of pyridine rings is 1. The van der Waals surface area contributed by atoms with Crippen molar-refractivity contribution in [1.82, 2.24) is 4.98 Å². The molecule has 30 heavy (non-hydrogen) atoms. The van der Waals surface area contributed by atoms with Gasteiger partial charge >= 0.3 is 0 Å². The van der Waals surface area contributed by atoms with E-state index in [0.29, 0.717) is 28.1 Å². The van der Waals surface area contributed by atoms with Crippen LogP contribution in [0.15, 0.2) is 67.0 Å². The highest BCUT2D eigenvalue weighted by atomic mass is 16.5. The zero-order valence-electron chi connectivity index (χ0n) is 17.0. The fraction of sp³-hybridized carbons (Fsp3) is 0.167. The van der Waals surface area contributed by atoms with Crippen molar-refractivity contribution in [3.63, 3.8) is 0 Å². The fourth-order valence-corrected chi connectivity index (χ4v) is 2.86. The number of carbonyl (C=O) groups excluding carboxylic acids is 3. The van der Waals surface area contributed by atoms with E-state index < -0.39 is 0 Å². The van der Waals surface area contributed by atoms with Crippen LogP contribution in [-0.4, -0.2) is 22.5 Å². The molecule has 0 radical (unpaired) electrons. The van der Waals surface area contributed by atoms with Crippen LogP contribution in [0.3, 0.4) is 0 Å². The molecule has 0 aliphatic carbocycles. The quantitative estimate of drug-likeness (QED) is 0.569. The molecule has 3 rings (SSSR count). The molecule has 0 fully saturated rings. The highest BCUT2D eigenvalue weighted by molar-refractivity contribution is 6.04. The SMILES string of the molecule is CC(=O)c1ccc(NC(=O)c2cncc(O[C@H](C)c3ccc(C(C)=O)cc3)c2)cc1. The topological polar surface area (TPSA) is 85.4 Å². The standard InChI is InChI=1S/C24H22N2O4/c1-15(27)18-4-6-20(7-5-18)17(3)30-23-12-21(13-25-14-23)24(29)26-22-10-8-19(9-11-22)16(2)28/h4-14,17H,1-3H3,(H,26,29)/t17-/m1/s1. The molecule has 152 valence electrons. The first-order chi connectivity index (χ1) is 14.3. The van der Waals surface area contributed by atoms with E-state index in [0.717, 1.165) is 5.56 Å². The largest absolute Gasteiger partial charge is 0.484 e. The second-order valence-electron chi connectivity index (χ2n) is 6.94. The van der Waals surface area contributed by atoms with Crippen molar-refractivity contribution >= 4 is 23.2 Å². The average Bonchev–Trinajstić information content (AvgIpc) is 2.74. The van der Waals surface area contributed by atoms with Crippen molar-refractivity contribution in [3.05, 3.63) is 89.2 Å². The molecule has 0 aliphatic heterocycles. The molecule has 2 aromatic carbocycles. The molecular weight excluding hydrogens is 380 g/mol. The average molecular weight is 402 g/mol. The number of anilines is 1. The van der Waals surface area contributed by atoms with E-state index in [1.54, 1.807) is 48.7 Å². The lowest BCUT2D eigenvalue weighted by molar-refractivity contribution is 0.100. The predicted octanol–water partition coefficient (Wildman–Crippen LogP) is 4.88. The van der Waals surface area contributed by atoms with Crippen LogP contribution in [0, 0.1) is 0 Å². The maximum Gasteiger partial charge on any atom is 0.257 e. The summed E-state index contributed by atoms with van der Waals surface area (Å²) in [5.74, 6) is 0.0978. The van der Waals surface area contributed by atoms with Gasteiger partial charge in [-0.2, -0.15) is 0 Å². The predicted molar refractivity (Wildman–Crippen MR) is 114 cm³/mol. The number of ketones is 2. The van der Waals surface area contributed by atoms with Crippen LogP contribution in [0.2, 0.25) is 0 Å². The third-order valence-electron chi connectivity index (χ3n) is 4.62. The Morgan fingerprint density at radius 3 is 1.97 bits per heavy atom. The maximum absolute atomic E-state index is 12.5. The summed E-state index contributed by atoms with van der Waals surface area (Å²) in [6.45, 7) is 4.89. The van der Waals surface area contributed by atoms with Crippen LogP contribution in [0.25, 0.3) is 0 Å². The van der Waals surface area contributed by atoms with Crippen molar-refractivity contribution in [3.8, 4) is 5.75 Å². The lowest BCUT2D eigenvalue weighted by Gasteiger charge is -2.15. The number of rotatable bonds is 7. The zero-order chi connectivity index (χ0) is 21.7. The van der Waals surface area contributed by atoms with Gasteiger partial charge in [0.15, 0.2) is 11.6 Å². The van der Waals surface area contributed by atoms with Gasteiger partial charge in [0, 0.05) is 23.0 Å². The molecule has 3 aromatic rings. The van der Waals surface area contributed by atoms with Gasteiger partial charge in [-0.1, -0.05) is 24.3 Å². The molecule has 0 aliphatic rings. The number of hydrogen-bond donors (Lipinski definition) is 1. The smallest absolute Gasteiger partial charge is 0.257 e. The molecule has 0 spiro atoms. The number of amides is 1. The first-order valence-electron chi connectivity index (χ1n) is 9.48. The van der Waals surface area contributed by atoms with Gasteiger partial charge in [0.1, 0.15) is 11.9 Å². The Hall–Kier alpha value is -3.80. The van der Waals surface area contributed by atoms with Crippen LogP contribution in [-0.2, 0) is 0 Å². The van der Waals surface area contributed by atoms with Crippen molar-refractivity contribution in [2.75, 3.05) is 5.32 Å². The molecule has 0 bridgehead atoms. The second-order valence-corrected chi connectivity index (χ2v) is 6.94. The summed E-state index contributed by atoms with van der Waals surface area (Å²) in [6.07, 6.45) is 2.71. The summed E-state index contributed by atoms with van der Waals surface area (Å²) in [7, 11) is 0. The van der Waals surface area contributed by atoms with E-state index in [-0.39, 0.29) is 23.6 Å². The highest BCUT2D eigenvalue weighted by Gasteiger charge is 2.12. The molecule has 0 saturated heterocycles. The first kappa shape index (κ1) is 20.9. The van der Waals surface area contributed by atoms with E-state index in [1.807, 2.05) is 19.1 Å². The molecule has 0 saturated carbocycles. The monoisotopic (exact) mass is 402 g/mol. The highest BCUT2D eigenvalue weighted by Crippen LogP contribution is 2.23. The van der Waals surface area contributed by atoms with Crippen LogP contribution < -0.4 is 10.1 Å². The summed E-state index contributed by atoms with van der Waals surface area (Å²) < 4.78 is 5.92. The molecule has 1 heterocycles. The summed E-state index contributed by atoms with van der Waals surface area (Å²) in [4.78, 5) is 39.4. The maximum atomic E-state index is 12.5. The lowest BCUT2D eigenvalue weighted by atomic mass is 10.1. The number of nitrogens with zero attached hydrogens (tertiary/aromatic N) is 1. The van der Waals surface area contributed by atoms with E-state index in [2.05, 4.69) is 10.3 Å². The normalized spacial score (nSPS) is 11.4. The summed E-state index contributed by atoms with van der Waals surface area (Å²) in [6, 6.07) is 15.5. The van der Waals surface area contributed by atoms with Crippen molar-refractivity contribution < 1.29 is 19.1 Å². The van der Waals surface area contributed by atoms with Gasteiger partial charge in [0.2, 0.25) is 0 Å². The Balaban J connectivity index is 1.68. The van der Waals surface area contributed by atoms with Crippen LogP contribution in [0.4, 0.5) is 5.69 Å². The summed E-state index contributed by atoms with van der Waals surface area (Å²) >= 11 is 0. The Morgan fingerprint density at radius 1 is 0.833 bits per heavy atom. The molecule has 1 aromatic heterocycles. The van der Waals surface area contributed by atoms with Crippen LogP contribution in [0.1, 0.15) is 63.5 Å². The zero-order valence-corrected chi connectivity index (χ0v) is 17.0. The minimum Gasteiger partial charge on any atom is -0.484 e. The van der Waals surface area contributed by atoms with E-state index in [1.165, 1.54) is 20.0 Å². The lowest BCUT2D eigenvalue weighted by Crippen LogP contribution is -2.13. The molecule has 1 atom stereocenters. The third-order valence-corrected chi connectivity index (χ3v) is 4.62. The van der Waals surface area contributed by atoms with Crippen molar-refractivity contribution in [1.29, 1.82) is 0 Å². The Morgan fingerprint density at radius 2 is 1.40 bits per heavy atom. The number of ether oxygens (including phenoxy) is 1. The van der Waals surface area contributed by atoms with Gasteiger partial charge in [-0.3, -0.25) is 19.4 Å². The van der Waals surface area contributed by atoms with Gasteiger partial charge in [-0.05, 0) is 56.7 Å². The van der Waals surface area contributed by atoms with Gasteiger partial charge in [0.25, 0.3) is 5.91 Å². The Bertz CT molecular complexity index is 1070. The number of Topliss-reactive ketones (excluding diaryl/α,β-unsaturated/α-hetero) is 2.